The molecule has 0 bridgehead atoms. The van der Waals surface area contributed by atoms with Crippen molar-refractivity contribution in [2.45, 2.75) is 18.9 Å². The van der Waals surface area contributed by atoms with Gasteiger partial charge in [0, 0.05) is 28.1 Å². The summed E-state index contributed by atoms with van der Waals surface area (Å²) in [6.45, 7) is 0. The van der Waals surface area contributed by atoms with E-state index in [1.54, 1.807) is 19.2 Å². The predicted octanol–water partition coefficient (Wildman–Crippen LogP) is 2.67. The highest BCUT2D eigenvalue weighted by Crippen LogP contribution is 2.24. The molecule has 3 nitrogen and oxygen atoms in total. The van der Waals surface area contributed by atoms with Gasteiger partial charge in [-0.25, -0.2) is 12.8 Å². The van der Waals surface area contributed by atoms with E-state index in [4.69, 9.17) is 0 Å². The molecule has 0 saturated carbocycles. The van der Waals surface area contributed by atoms with Gasteiger partial charge in [0.15, 0.2) is 0 Å². The molecule has 1 rings (SSSR count). The van der Waals surface area contributed by atoms with Crippen molar-refractivity contribution < 1.29 is 12.8 Å². The van der Waals surface area contributed by atoms with E-state index < -0.39 is 9.84 Å². The lowest BCUT2D eigenvalue weighted by atomic mass is 10.0. The van der Waals surface area contributed by atoms with Gasteiger partial charge in [0.1, 0.15) is 15.7 Å². The van der Waals surface area contributed by atoms with Gasteiger partial charge < -0.3 is 5.32 Å². The summed E-state index contributed by atoms with van der Waals surface area (Å²) in [5.74, 6) is -0.161. The molecule has 0 radical (unpaired) electrons. The van der Waals surface area contributed by atoms with Crippen LogP contribution in [0, 0.1) is 5.82 Å². The Morgan fingerprint density at radius 3 is 2.61 bits per heavy atom. The summed E-state index contributed by atoms with van der Waals surface area (Å²) in [5.41, 5.74) is 0.564. The summed E-state index contributed by atoms with van der Waals surface area (Å²) >= 11 is 3.21. The van der Waals surface area contributed by atoms with Crippen LogP contribution in [0.3, 0.4) is 0 Å². The van der Waals surface area contributed by atoms with Gasteiger partial charge in [0.25, 0.3) is 0 Å². The second-order valence-electron chi connectivity index (χ2n) is 4.28. The zero-order valence-electron chi connectivity index (χ0n) is 10.4. The highest BCUT2D eigenvalue weighted by Gasteiger charge is 2.15. The molecule has 0 fully saturated rings. The van der Waals surface area contributed by atoms with Gasteiger partial charge in [-0.3, -0.25) is 0 Å². The molecule has 1 aromatic carbocycles. The maximum Gasteiger partial charge on any atom is 0.147 e. The first-order valence-electron chi connectivity index (χ1n) is 5.63. The number of rotatable bonds is 6. The molecule has 0 amide bonds. The fourth-order valence-corrected chi connectivity index (χ4v) is 2.81. The minimum atomic E-state index is -2.96. The minimum Gasteiger partial charge on any atom is -0.313 e. The molecule has 1 N–H and O–H groups in total. The first-order valence-corrected chi connectivity index (χ1v) is 8.49. The minimum absolute atomic E-state index is 0.128. The van der Waals surface area contributed by atoms with Crippen LogP contribution >= 0.6 is 15.9 Å². The van der Waals surface area contributed by atoms with Crippen LogP contribution in [0.2, 0.25) is 0 Å². The summed E-state index contributed by atoms with van der Waals surface area (Å²) in [5, 5.41) is 3.01. The zero-order chi connectivity index (χ0) is 13.8. The fraction of sp³-hybridized carbons (Fsp3) is 0.500. The van der Waals surface area contributed by atoms with Crippen LogP contribution in [0.5, 0.6) is 0 Å². The fourth-order valence-electron chi connectivity index (χ4n) is 1.79. The Hall–Kier alpha value is -0.460. The topological polar surface area (TPSA) is 46.2 Å². The molecule has 102 valence electrons. The van der Waals surface area contributed by atoms with E-state index in [0.29, 0.717) is 22.9 Å². The Morgan fingerprint density at radius 1 is 1.44 bits per heavy atom. The van der Waals surface area contributed by atoms with Crippen molar-refractivity contribution >= 4 is 25.8 Å². The maximum atomic E-state index is 13.8. The second kappa shape index (κ2) is 6.63. The Labute approximate surface area is 116 Å². The predicted molar refractivity (Wildman–Crippen MR) is 74.8 cm³/mol. The number of halogens is 2. The van der Waals surface area contributed by atoms with Crippen molar-refractivity contribution in [1.29, 1.82) is 0 Å². The van der Waals surface area contributed by atoms with Gasteiger partial charge in [0.2, 0.25) is 0 Å². The number of hydrogen-bond donors (Lipinski definition) is 1. The van der Waals surface area contributed by atoms with E-state index in [1.165, 1.54) is 12.3 Å². The lowest BCUT2D eigenvalue weighted by Crippen LogP contribution is -2.18. The average Bonchev–Trinajstić information content (AvgIpc) is 2.24. The van der Waals surface area contributed by atoms with Crippen molar-refractivity contribution in [3.8, 4) is 0 Å². The van der Waals surface area contributed by atoms with Crippen molar-refractivity contribution in [2.75, 3.05) is 19.1 Å². The molecular formula is C12H17BrFNO2S. The number of sulfone groups is 1. The summed E-state index contributed by atoms with van der Waals surface area (Å²) in [6.07, 6.45) is 2.31. The number of hydrogen-bond acceptors (Lipinski definition) is 3. The number of nitrogens with one attached hydrogen (secondary N) is 1. The van der Waals surface area contributed by atoms with E-state index in [2.05, 4.69) is 21.2 Å². The lowest BCUT2D eigenvalue weighted by Gasteiger charge is -2.17. The highest BCUT2D eigenvalue weighted by atomic mass is 79.9. The number of benzene rings is 1. The molecule has 0 heterocycles. The highest BCUT2D eigenvalue weighted by molar-refractivity contribution is 9.10. The standard InChI is InChI=1S/C12H17BrFNO2S/c1-15-12(4-3-7-18(2,16)17)10-6-5-9(13)8-11(10)14/h5-6,8,12,15H,3-4,7H2,1-2H3. The normalized spacial score (nSPS) is 13.6. The van der Waals surface area contributed by atoms with Crippen molar-refractivity contribution in [2.24, 2.45) is 0 Å². The van der Waals surface area contributed by atoms with Crippen molar-refractivity contribution in [1.82, 2.24) is 5.32 Å². The van der Waals surface area contributed by atoms with Gasteiger partial charge in [-0.15, -0.1) is 0 Å². The second-order valence-corrected chi connectivity index (χ2v) is 7.45. The van der Waals surface area contributed by atoms with Gasteiger partial charge in [-0.2, -0.15) is 0 Å². The first-order chi connectivity index (χ1) is 8.33. The van der Waals surface area contributed by atoms with E-state index in [-0.39, 0.29) is 17.6 Å². The molecule has 1 atom stereocenters. The van der Waals surface area contributed by atoms with Crippen LogP contribution < -0.4 is 5.32 Å². The molecular weight excluding hydrogens is 321 g/mol. The van der Waals surface area contributed by atoms with Crippen LogP contribution in [-0.2, 0) is 9.84 Å². The molecule has 0 aliphatic carbocycles. The zero-order valence-corrected chi connectivity index (χ0v) is 12.8. The molecule has 1 aromatic rings. The van der Waals surface area contributed by atoms with Crippen LogP contribution in [0.15, 0.2) is 22.7 Å². The average molecular weight is 338 g/mol. The molecule has 0 aromatic heterocycles. The lowest BCUT2D eigenvalue weighted by molar-refractivity contribution is 0.502. The Balaban J connectivity index is 2.71. The van der Waals surface area contributed by atoms with Crippen LogP contribution in [0.4, 0.5) is 4.39 Å². The summed E-state index contributed by atoms with van der Waals surface area (Å²) in [6, 6.07) is 4.73. The van der Waals surface area contributed by atoms with E-state index >= 15 is 0 Å². The Bertz CT molecular complexity index is 505. The molecule has 0 saturated heterocycles. The molecule has 0 aliphatic heterocycles. The van der Waals surface area contributed by atoms with Crippen molar-refractivity contribution in [3.05, 3.63) is 34.1 Å². The molecule has 1 unspecified atom stereocenters. The van der Waals surface area contributed by atoms with Crippen LogP contribution in [-0.4, -0.2) is 27.5 Å². The third kappa shape index (κ3) is 5.04. The monoisotopic (exact) mass is 337 g/mol. The third-order valence-electron chi connectivity index (χ3n) is 2.69. The first kappa shape index (κ1) is 15.6. The van der Waals surface area contributed by atoms with E-state index in [9.17, 15) is 12.8 Å². The quantitative estimate of drug-likeness (QED) is 0.867. The maximum absolute atomic E-state index is 13.8. The van der Waals surface area contributed by atoms with Crippen LogP contribution in [0.25, 0.3) is 0 Å². The Kier molecular flexibility index (Phi) is 5.75. The summed E-state index contributed by atoms with van der Waals surface area (Å²) in [7, 11) is -1.21. The smallest absolute Gasteiger partial charge is 0.147 e. The SMILES string of the molecule is CNC(CCCS(C)(=O)=O)c1ccc(Br)cc1F. The molecule has 0 spiro atoms. The molecule has 0 aliphatic rings. The Morgan fingerprint density at radius 2 is 2.11 bits per heavy atom. The van der Waals surface area contributed by atoms with Gasteiger partial charge in [-0.05, 0) is 32.0 Å². The molecule has 18 heavy (non-hydrogen) atoms. The molecule has 6 heteroatoms. The third-order valence-corrected chi connectivity index (χ3v) is 4.22. The summed E-state index contributed by atoms with van der Waals surface area (Å²) in [4.78, 5) is 0. The van der Waals surface area contributed by atoms with E-state index in [0.717, 1.165) is 0 Å². The van der Waals surface area contributed by atoms with Gasteiger partial charge in [0.05, 0.1) is 0 Å². The van der Waals surface area contributed by atoms with Gasteiger partial charge in [-0.1, -0.05) is 22.0 Å². The van der Waals surface area contributed by atoms with E-state index in [1.807, 2.05) is 0 Å². The van der Waals surface area contributed by atoms with Crippen molar-refractivity contribution in [3.63, 3.8) is 0 Å². The summed E-state index contributed by atoms with van der Waals surface area (Å²) < 4.78 is 36.5. The largest absolute Gasteiger partial charge is 0.313 e. The van der Waals surface area contributed by atoms with Crippen LogP contribution in [0.1, 0.15) is 24.4 Å². The van der Waals surface area contributed by atoms with Gasteiger partial charge >= 0.3 is 0 Å².